The molecule has 2 aromatic carbocycles. The number of hydrogen-bond donors (Lipinski definition) is 1. The molecule has 1 amide bonds. The van der Waals surface area contributed by atoms with Crippen LogP contribution in [-0.4, -0.2) is 11.7 Å². The number of nitrogens with one attached hydrogen (secondary N) is 1. The van der Waals surface area contributed by atoms with Gasteiger partial charge in [0.1, 0.15) is 5.82 Å². The van der Waals surface area contributed by atoms with E-state index in [2.05, 4.69) is 5.32 Å². The van der Waals surface area contributed by atoms with Crippen molar-refractivity contribution in [2.24, 2.45) is 0 Å². The predicted octanol–water partition coefficient (Wildman–Crippen LogP) is 3.94. The first-order valence-corrected chi connectivity index (χ1v) is 7.87. The Hall–Kier alpha value is -1.81. The zero-order valence-corrected chi connectivity index (χ0v) is 12.7. The van der Waals surface area contributed by atoms with E-state index >= 15 is 0 Å². The number of carbonyl (C=O) groups excluding carboxylic acids is 1. The molecule has 21 heavy (non-hydrogen) atoms. The summed E-state index contributed by atoms with van der Waals surface area (Å²) >= 11 is 1.54. The fourth-order valence-corrected chi connectivity index (χ4v) is 2.73. The van der Waals surface area contributed by atoms with E-state index in [1.807, 2.05) is 37.3 Å². The van der Waals surface area contributed by atoms with Gasteiger partial charge in [-0.3, -0.25) is 4.79 Å². The van der Waals surface area contributed by atoms with Gasteiger partial charge in [0.25, 0.3) is 0 Å². The van der Waals surface area contributed by atoms with Gasteiger partial charge in [-0.05, 0) is 30.2 Å². The van der Waals surface area contributed by atoms with E-state index in [-0.39, 0.29) is 17.0 Å². The molecule has 0 spiro atoms. The van der Waals surface area contributed by atoms with E-state index in [0.29, 0.717) is 12.3 Å². The summed E-state index contributed by atoms with van der Waals surface area (Å²) in [4.78, 5) is 11.8. The molecular weight excluding hydrogens is 285 g/mol. The molecule has 0 fully saturated rings. The van der Waals surface area contributed by atoms with Crippen molar-refractivity contribution < 1.29 is 9.18 Å². The van der Waals surface area contributed by atoms with E-state index in [1.165, 1.54) is 12.1 Å². The average molecular weight is 303 g/mol. The molecule has 0 saturated carbocycles. The van der Waals surface area contributed by atoms with Crippen LogP contribution in [0.25, 0.3) is 0 Å². The molecule has 1 atom stereocenters. The van der Waals surface area contributed by atoms with Gasteiger partial charge in [-0.2, -0.15) is 0 Å². The number of hydrogen-bond acceptors (Lipinski definition) is 2. The van der Waals surface area contributed by atoms with Crippen LogP contribution in [0.5, 0.6) is 0 Å². The third-order valence-corrected chi connectivity index (χ3v) is 4.34. The third kappa shape index (κ3) is 5.23. The molecule has 2 rings (SSSR count). The maximum absolute atomic E-state index is 12.9. The molecular formula is C17H18FNOS. The molecule has 0 saturated heterocycles. The second kappa shape index (κ2) is 7.84. The summed E-state index contributed by atoms with van der Waals surface area (Å²) in [6, 6.07) is 16.2. The largest absolute Gasteiger partial charge is 0.351 e. The number of rotatable bonds is 6. The van der Waals surface area contributed by atoms with Gasteiger partial charge in [0.15, 0.2) is 0 Å². The van der Waals surface area contributed by atoms with Gasteiger partial charge >= 0.3 is 0 Å². The zero-order valence-electron chi connectivity index (χ0n) is 11.9. The highest BCUT2D eigenvalue weighted by molar-refractivity contribution is 8.00. The minimum Gasteiger partial charge on any atom is -0.351 e. The second-order valence-corrected chi connectivity index (χ2v) is 6.10. The highest BCUT2D eigenvalue weighted by atomic mass is 32.2. The lowest BCUT2D eigenvalue weighted by Crippen LogP contribution is -2.24. The summed E-state index contributed by atoms with van der Waals surface area (Å²) in [5.41, 5.74) is 2.11. The Morgan fingerprint density at radius 1 is 1.14 bits per heavy atom. The van der Waals surface area contributed by atoms with Crippen LogP contribution in [0.2, 0.25) is 0 Å². The van der Waals surface area contributed by atoms with Crippen molar-refractivity contribution >= 4 is 17.7 Å². The first-order chi connectivity index (χ1) is 10.1. The molecule has 0 aromatic heterocycles. The Bertz CT molecular complexity index is 571. The van der Waals surface area contributed by atoms with Crippen LogP contribution in [0, 0.1) is 5.82 Å². The first-order valence-electron chi connectivity index (χ1n) is 6.83. The van der Waals surface area contributed by atoms with Gasteiger partial charge in [-0.25, -0.2) is 4.39 Å². The number of halogens is 1. The maximum atomic E-state index is 12.9. The number of amides is 1. The number of carbonyl (C=O) groups is 1. The fraction of sp³-hybridized carbons (Fsp3) is 0.235. The third-order valence-electron chi connectivity index (χ3n) is 3.14. The fourth-order valence-electron chi connectivity index (χ4n) is 1.88. The monoisotopic (exact) mass is 303 g/mol. The molecule has 0 bridgehead atoms. The van der Waals surface area contributed by atoms with Gasteiger partial charge < -0.3 is 5.32 Å². The maximum Gasteiger partial charge on any atom is 0.230 e. The normalized spacial score (nSPS) is 11.9. The van der Waals surface area contributed by atoms with Crippen LogP contribution in [0.15, 0.2) is 54.6 Å². The molecule has 0 heterocycles. The Morgan fingerprint density at radius 3 is 2.48 bits per heavy atom. The van der Waals surface area contributed by atoms with Crippen molar-refractivity contribution in [3.63, 3.8) is 0 Å². The molecule has 0 aliphatic heterocycles. The van der Waals surface area contributed by atoms with Crippen LogP contribution >= 0.6 is 11.8 Å². The molecule has 2 aromatic rings. The van der Waals surface area contributed by atoms with Gasteiger partial charge in [0, 0.05) is 11.8 Å². The molecule has 4 heteroatoms. The standard InChI is InChI=1S/C17H18FNOS/c1-13(15-7-9-16(18)10-8-15)21-12-17(20)19-11-14-5-3-2-4-6-14/h2-10,13H,11-12H2,1H3,(H,19,20). The summed E-state index contributed by atoms with van der Waals surface area (Å²) in [5.74, 6) is 0.167. The summed E-state index contributed by atoms with van der Waals surface area (Å²) in [6.07, 6.45) is 0. The lowest BCUT2D eigenvalue weighted by Gasteiger charge is -2.11. The summed E-state index contributed by atoms with van der Waals surface area (Å²) < 4.78 is 12.9. The number of thioether (sulfide) groups is 1. The van der Waals surface area contributed by atoms with Crippen LogP contribution in [-0.2, 0) is 11.3 Å². The summed E-state index contributed by atoms with van der Waals surface area (Å²) in [7, 11) is 0. The molecule has 0 radical (unpaired) electrons. The smallest absolute Gasteiger partial charge is 0.230 e. The summed E-state index contributed by atoms with van der Waals surface area (Å²) in [6.45, 7) is 2.56. The second-order valence-electron chi connectivity index (χ2n) is 4.77. The Balaban J connectivity index is 1.74. The molecule has 1 unspecified atom stereocenters. The molecule has 0 aliphatic rings. The number of benzene rings is 2. The van der Waals surface area contributed by atoms with Crippen LogP contribution in [0.3, 0.4) is 0 Å². The molecule has 2 nitrogen and oxygen atoms in total. The van der Waals surface area contributed by atoms with Gasteiger partial charge in [0.05, 0.1) is 5.75 Å². The lowest BCUT2D eigenvalue weighted by atomic mass is 10.2. The van der Waals surface area contributed by atoms with Crippen molar-refractivity contribution in [1.29, 1.82) is 0 Å². The molecule has 1 N–H and O–H groups in total. The van der Waals surface area contributed by atoms with Crippen molar-refractivity contribution in [3.8, 4) is 0 Å². The quantitative estimate of drug-likeness (QED) is 0.876. The van der Waals surface area contributed by atoms with Crippen molar-refractivity contribution in [3.05, 3.63) is 71.5 Å². The van der Waals surface area contributed by atoms with Gasteiger partial charge in [-0.1, -0.05) is 42.5 Å². The summed E-state index contributed by atoms with van der Waals surface area (Å²) in [5, 5.41) is 3.06. The van der Waals surface area contributed by atoms with E-state index in [4.69, 9.17) is 0 Å². The van der Waals surface area contributed by atoms with E-state index in [1.54, 1.807) is 23.9 Å². The van der Waals surface area contributed by atoms with Gasteiger partial charge in [0.2, 0.25) is 5.91 Å². The van der Waals surface area contributed by atoms with E-state index in [0.717, 1.165) is 11.1 Å². The van der Waals surface area contributed by atoms with Crippen LogP contribution in [0.1, 0.15) is 23.3 Å². The Morgan fingerprint density at radius 2 is 1.81 bits per heavy atom. The topological polar surface area (TPSA) is 29.1 Å². The highest BCUT2D eigenvalue weighted by Crippen LogP contribution is 2.27. The minimum absolute atomic E-state index is 0.0119. The van der Waals surface area contributed by atoms with Crippen LogP contribution < -0.4 is 5.32 Å². The average Bonchev–Trinajstić information content (AvgIpc) is 2.52. The Labute approximate surface area is 128 Å². The van der Waals surface area contributed by atoms with E-state index < -0.39 is 0 Å². The van der Waals surface area contributed by atoms with Gasteiger partial charge in [-0.15, -0.1) is 11.8 Å². The first kappa shape index (κ1) is 15.6. The predicted molar refractivity (Wildman–Crippen MR) is 85.6 cm³/mol. The van der Waals surface area contributed by atoms with Crippen molar-refractivity contribution in [2.45, 2.75) is 18.7 Å². The Kier molecular flexibility index (Phi) is 5.81. The lowest BCUT2D eigenvalue weighted by molar-refractivity contribution is -0.118. The van der Waals surface area contributed by atoms with E-state index in [9.17, 15) is 9.18 Å². The minimum atomic E-state index is -0.239. The van der Waals surface area contributed by atoms with Crippen LogP contribution in [0.4, 0.5) is 4.39 Å². The highest BCUT2D eigenvalue weighted by Gasteiger charge is 2.09. The SMILES string of the molecule is CC(SCC(=O)NCc1ccccc1)c1ccc(F)cc1. The van der Waals surface area contributed by atoms with Crippen molar-refractivity contribution in [2.75, 3.05) is 5.75 Å². The zero-order chi connectivity index (χ0) is 15.1. The molecule has 0 aliphatic carbocycles. The van der Waals surface area contributed by atoms with Crippen molar-refractivity contribution in [1.82, 2.24) is 5.32 Å². The molecule has 110 valence electrons.